The molecule has 0 atom stereocenters. The van der Waals surface area contributed by atoms with Crippen molar-refractivity contribution in [2.45, 2.75) is 0 Å². The molecule has 6 heteroatoms. The van der Waals surface area contributed by atoms with Gasteiger partial charge in [0.05, 0.1) is 0 Å². The Kier molecular flexibility index (Phi) is 5.17. The fourth-order valence-electron chi connectivity index (χ4n) is 0.232. The van der Waals surface area contributed by atoms with E-state index in [9.17, 15) is 0 Å². The molecule has 0 aliphatic heterocycles. The molecule has 0 heterocycles. The summed E-state index contributed by atoms with van der Waals surface area (Å²) in [6.07, 6.45) is 0. The second-order valence-electron chi connectivity index (χ2n) is 1.26. The van der Waals surface area contributed by atoms with Crippen molar-refractivity contribution < 1.29 is 4.84 Å². The summed E-state index contributed by atoms with van der Waals surface area (Å²) in [5, 5.41) is 0. The molecule has 0 saturated heterocycles. The first-order valence-corrected chi connectivity index (χ1v) is 2.30. The Morgan fingerprint density at radius 3 is 2.62 bits per heavy atom. The third-order valence-electron chi connectivity index (χ3n) is 0.695. The second kappa shape index (κ2) is 5.16. The van der Waals surface area contributed by atoms with E-state index in [4.69, 9.17) is 12.2 Å². The average molecular weight is 103 g/mol. The molecule has 0 aliphatic carbocycles. The molecule has 0 unspecified atom stereocenters. The number of rotatable bonds is 3. The molecule has 8 heavy (non-hydrogen) atoms. The summed E-state index contributed by atoms with van der Waals surface area (Å²) in [6.45, 7) is 4.83. The molecule has 0 amide bonds. The van der Waals surface area contributed by atoms with Crippen LogP contribution in [0.3, 0.4) is 0 Å². The van der Waals surface area contributed by atoms with Crippen molar-refractivity contribution in [1.82, 2.24) is 4.97 Å². The molecule has 0 rings (SSSR count). The Labute approximate surface area is 52.5 Å². The Balaban J connectivity index is 3.35. The first-order valence-electron chi connectivity index (χ1n) is 2.30. The summed E-state index contributed by atoms with van der Waals surface area (Å²) >= 11 is 0. The molecule has 0 fully saturated rings. The van der Waals surface area contributed by atoms with Gasteiger partial charge in [-0.25, -0.2) is 0 Å². The molecule has 0 aromatic carbocycles. The zero-order chi connectivity index (χ0) is 6.41. The zero-order valence-electron chi connectivity index (χ0n) is 5.16. The van der Waals surface area contributed by atoms with Crippen molar-refractivity contribution in [3.05, 3.63) is 0 Å². The molecular formula is C2H6B4NO. The molecule has 0 aromatic rings. The first kappa shape index (κ1) is 8.02. The van der Waals surface area contributed by atoms with E-state index in [-0.39, 0.29) is 0 Å². The van der Waals surface area contributed by atoms with E-state index < -0.39 is 0 Å². The van der Waals surface area contributed by atoms with Gasteiger partial charge in [0.2, 0.25) is 0 Å². The molecule has 0 saturated carbocycles. The van der Waals surface area contributed by atoms with Gasteiger partial charge in [-0.1, -0.05) is 0 Å². The van der Waals surface area contributed by atoms with Crippen LogP contribution in [-0.2, 0) is 4.84 Å². The van der Waals surface area contributed by atoms with Gasteiger partial charge in [-0.2, -0.15) is 0 Å². The van der Waals surface area contributed by atoms with Crippen molar-refractivity contribution in [2.75, 3.05) is 14.2 Å². The normalized spacial score (nSPS) is 7.12. The van der Waals surface area contributed by atoms with Crippen LogP contribution in [0.5, 0.6) is 0 Å². The van der Waals surface area contributed by atoms with Gasteiger partial charge >= 0.3 is 51.7 Å². The standard InChI is InChI=1S/C2H6B4NO/c1-7(8-2)6-5-4-3/h1-2H3. The quantitative estimate of drug-likeness (QED) is 0.316. The molecule has 0 aliphatic rings. The fourth-order valence-corrected chi connectivity index (χ4v) is 0.232. The molecule has 0 bridgehead atoms. The molecule has 2 nitrogen and oxygen atoms in total. The van der Waals surface area contributed by atoms with E-state index in [0.717, 1.165) is 0 Å². The third kappa shape index (κ3) is 4.19. The second-order valence-corrected chi connectivity index (χ2v) is 1.26. The molecule has 0 spiro atoms. The van der Waals surface area contributed by atoms with Crippen LogP contribution < -0.4 is 0 Å². The minimum absolute atomic E-state index is 1.44. The Bertz CT molecular complexity index is 94.0. The van der Waals surface area contributed by atoms with E-state index in [2.05, 4.69) is 0 Å². The Morgan fingerprint density at radius 2 is 2.25 bits per heavy atom. The van der Waals surface area contributed by atoms with Crippen molar-refractivity contribution in [3.63, 3.8) is 0 Å². The van der Waals surface area contributed by atoms with Crippen LogP contribution in [0, 0.1) is 0 Å². The zero-order valence-corrected chi connectivity index (χ0v) is 5.16. The maximum absolute atomic E-state index is 5.04. The van der Waals surface area contributed by atoms with E-state index in [1.54, 1.807) is 32.8 Å². The monoisotopic (exact) mass is 104 g/mol. The molecule has 0 N–H and O–H groups in total. The summed E-state index contributed by atoms with van der Waals surface area (Å²) in [5.74, 6) is 0. The van der Waals surface area contributed by atoms with Crippen molar-refractivity contribution in [1.29, 1.82) is 0 Å². The van der Waals surface area contributed by atoms with E-state index in [1.807, 2.05) is 0 Å². The predicted octanol–water partition coefficient (Wildman–Crippen LogP) is -1.58. The summed E-state index contributed by atoms with van der Waals surface area (Å²) in [5.41, 5.74) is 0. The minimum atomic E-state index is 1.44. The van der Waals surface area contributed by atoms with Gasteiger partial charge in [0.15, 0.2) is 0 Å². The number of nitrogens with zero attached hydrogens (tertiary/aromatic N) is 1. The number of hydrogen-bond acceptors (Lipinski definition) is 2. The first-order chi connectivity index (χ1) is 3.81. The van der Waals surface area contributed by atoms with Gasteiger partial charge < -0.3 is 0 Å². The Morgan fingerprint density at radius 1 is 1.62 bits per heavy atom. The van der Waals surface area contributed by atoms with E-state index in [1.165, 1.54) is 6.69 Å². The van der Waals surface area contributed by atoms with E-state index >= 15 is 0 Å². The van der Waals surface area contributed by atoms with Crippen LogP contribution >= 0.6 is 0 Å². The summed E-state index contributed by atoms with van der Waals surface area (Å²) < 4.78 is 0. The molecule has 1 radical (unpaired) electrons. The summed E-state index contributed by atoms with van der Waals surface area (Å²) in [6, 6.07) is 0. The predicted molar refractivity (Wildman–Crippen MR) is 37.8 cm³/mol. The fraction of sp³-hybridized carbons (Fsp3) is 1.00. The van der Waals surface area contributed by atoms with Gasteiger partial charge in [-0.15, -0.1) is 0 Å². The molecular weight excluding hydrogens is 97.3 g/mol. The number of hydroxylamine groups is 1. The van der Waals surface area contributed by atoms with Gasteiger partial charge in [-0.05, 0) is 0 Å². The van der Waals surface area contributed by atoms with Gasteiger partial charge in [0.1, 0.15) is 0 Å². The topological polar surface area (TPSA) is 12.5 Å². The maximum atomic E-state index is 5.04. The summed E-state index contributed by atoms with van der Waals surface area (Å²) in [4.78, 5) is 6.27. The van der Waals surface area contributed by atoms with Crippen molar-refractivity contribution in [3.8, 4) is 0 Å². The summed E-state index contributed by atoms with van der Waals surface area (Å²) in [7, 11) is 8.40. The van der Waals surface area contributed by atoms with Gasteiger partial charge in [-0.3, -0.25) is 0 Å². The van der Waals surface area contributed by atoms with Crippen LogP contribution in [0.2, 0.25) is 0 Å². The third-order valence-corrected chi connectivity index (χ3v) is 0.695. The van der Waals surface area contributed by atoms with Crippen LogP contribution in [0.25, 0.3) is 0 Å². The van der Waals surface area contributed by atoms with Crippen LogP contribution in [0.15, 0.2) is 0 Å². The Hall–Kier alpha value is 0.0197. The SMILES string of the molecule is [B]=BB=BN(C)OC. The van der Waals surface area contributed by atoms with Crippen molar-refractivity contribution >= 4 is 27.7 Å². The van der Waals surface area contributed by atoms with Crippen LogP contribution in [0.1, 0.15) is 0 Å². The van der Waals surface area contributed by atoms with Gasteiger partial charge in [0.25, 0.3) is 0 Å². The van der Waals surface area contributed by atoms with E-state index in [0.29, 0.717) is 0 Å². The van der Waals surface area contributed by atoms with Crippen LogP contribution in [-0.4, -0.2) is 46.8 Å². The molecule has 37 valence electrons. The average Bonchev–Trinajstić information content (AvgIpc) is 1.83. The number of hydrogen-bond donors (Lipinski definition) is 0. The molecule has 0 aromatic heterocycles. The van der Waals surface area contributed by atoms with Gasteiger partial charge in [0, 0.05) is 0 Å². The van der Waals surface area contributed by atoms with Crippen LogP contribution in [0.4, 0.5) is 0 Å². The van der Waals surface area contributed by atoms with Crippen molar-refractivity contribution in [2.24, 2.45) is 0 Å².